The van der Waals surface area contributed by atoms with Crippen molar-refractivity contribution in [3.63, 3.8) is 0 Å². The first-order valence-electron chi connectivity index (χ1n) is 5.02. The van der Waals surface area contributed by atoms with Crippen molar-refractivity contribution in [2.45, 2.75) is 12.5 Å². The first kappa shape index (κ1) is 10.1. The van der Waals surface area contributed by atoms with Crippen LogP contribution >= 0.6 is 0 Å². The number of hydrogen-bond acceptors (Lipinski definition) is 4. The van der Waals surface area contributed by atoms with E-state index in [1.165, 1.54) is 0 Å². The monoisotopic (exact) mass is 208 g/mol. The van der Waals surface area contributed by atoms with Gasteiger partial charge in [-0.2, -0.15) is 0 Å². The van der Waals surface area contributed by atoms with Crippen LogP contribution in [0.2, 0.25) is 0 Å². The molecule has 1 aromatic carbocycles. The summed E-state index contributed by atoms with van der Waals surface area (Å²) >= 11 is 0. The zero-order valence-corrected chi connectivity index (χ0v) is 9.04. The third-order valence-corrected chi connectivity index (χ3v) is 2.74. The van der Waals surface area contributed by atoms with Crippen LogP contribution in [0.4, 0.5) is 5.69 Å². The number of ether oxygens (including phenoxy) is 2. The van der Waals surface area contributed by atoms with Gasteiger partial charge in [0.1, 0.15) is 11.5 Å². The second-order valence-electron chi connectivity index (χ2n) is 3.58. The lowest BCUT2D eigenvalue weighted by molar-refractivity contribution is 0.393. The normalized spacial score (nSPS) is 19.0. The molecule has 0 saturated carbocycles. The molecule has 1 aliphatic rings. The predicted molar refractivity (Wildman–Crippen MR) is 59.6 cm³/mol. The summed E-state index contributed by atoms with van der Waals surface area (Å²) < 4.78 is 10.6. The number of methoxy groups -OCH3 is 2. The summed E-state index contributed by atoms with van der Waals surface area (Å²) in [5.41, 5.74) is 8.06. The molecule has 0 saturated heterocycles. The Morgan fingerprint density at radius 2 is 1.93 bits per heavy atom. The molecule has 82 valence electrons. The SMILES string of the molecule is COc1ccc(OC)c2c1NCCC2N. The van der Waals surface area contributed by atoms with Crippen LogP contribution in [-0.2, 0) is 0 Å². The number of anilines is 1. The molecule has 1 aromatic rings. The Hall–Kier alpha value is -1.42. The van der Waals surface area contributed by atoms with Gasteiger partial charge in [0.2, 0.25) is 0 Å². The summed E-state index contributed by atoms with van der Waals surface area (Å²) in [5.74, 6) is 1.64. The van der Waals surface area contributed by atoms with Crippen LogP contribution < -0.4 is 20.5 Å². The second-order valence-corrected chi connectivity index (χ2v) is 3.58. The fourth-order valence-corrected chi connectivity index (χ4v) is 1.98. The smallest absolute Gasteiger partial charge is 0.142 e. The molecule has 0 radical (unpaired) electrons. The Labute approximate surface area is 89.4 Å². The van der Waals surface area contributed by atoms with Gasteiger partial charge in [-0.1, -0.05) is 0 Å². The van der Waals surface area contributed by atoms with Crippen molar-refractivity contribution in [3.05, 3.63) is 17.7 Å². The molecule has 0 spiro atoms. The van der Waals surface area contributed by atoms with Crippen LogP contribution in [0.25, 0.3) is 0 Å². The van der Waals surface area contributed by atoms with Gasteiger partial charge in [0.05, 0.1) is 19.9 Å². The molecule has 1 unspecified atom stereocenters. The third-order valence-electron chi connectivity index (χ3n) is 2.74. The van der Waals surface area contributed by atoms with Crippen molar-refractivity contribution in [2.24, 2.45) is 5.73 Å². The molecule has 2 rings (SSSR count). The molecule has 1 aliphatic heterocycles. The minimum Gasteiger partial charge on any atom is -0.496 e. The highest BCUT2D eigenvalue weighted by atomic mass is 16.5. The number of benzene rings is 1. The van der Waals surface area contributed by atoms with E-state index in [1.54, 1.807) is 14.2 Å². The number of nitrogens with two attached hydrogens (primary N) is 1. The molecule has 4 heteroatoms. The van der Waals surface area contributed by atoms with Crippen LogP contribution in [0.15, 0.2) is 12.1 Å². The molecule has 1 atom stereocenters. The van der Waals surface area contributed by atoms with Gasteiger partial charge < -0.3 is 20.5 Å². The predicted octanol–water partition coefficient (Wildman–Crippen LogP) is 1.52. The number of fused-ring (bicyclic) bond motifs is 1. The summed E-state index contributed by atoms with van der Waals surface area (Å²) in [4.78, 5) is 0. The van der Waals surface area contributed by atoms with E-state index >= 15 is 0 Å². The molecule has 0 fully saturated rings. The lowest BCUT2D eigenvalue weighted by Gasteiger charge is -2.27. The second kappa shape index (κ2) is 3.98. The van der Waals surface area contributed by atoms with Gasteiger partial charge in [0, 0.05) is 18.2 Å². The Bertz CT molecular complexity index is 366. The fraction of sp³-hybridized carbons (Fsp3) is 0.455. The van der Waals surface area contributed by atoms with E-state index in [2.05, 4.69) is 5.32 Å². The molecule has 0 bridgehead atoms. The largest absolute Gasteiger partial charge is 0.496 e. The number of rotatable bonds is 2. The zero-order valence-electron chi connectivity index (χ0n) is 9.04. The minimum atomic E-state index is 0.0197. The van der Waals surface area contributed by atoms with E-state index in [4.69, 9.17) is 15.2 Å². The number of hydrogen-bond donors (Lipinski definition) is 2. The van der Waals surface area contributed by atoms with Crippen LogP contribution in [0.1, 0.15) is 18.0 Å². The van der Waals surface area contributed by atoms with Crippen molar-refractivity contribution in [1.29, 1.82) is 0 Å². The fourth-order valence-electron chi connectivity index (χ4n) is 1.98. The van der Waals surface area contributed by atoms with Gasteiger partial charge in [0.15, 0.2) is 0 Å². The van der Waals surface area contributed by atoms with Crippen molar-refractivity contribution in [2.75, 3.05) is 26.1 Å². The van der Waals surface area contributed by atoms with Gasteiger partial charge >= 0.3 is 0 Å². The van der Waals surface area contributed by atoms with E-state index in [0.29, 0.717) is 0 Å². The standard InChI is InChI=1S/C11H16N2O2/c1-14-8-3-4-9(15-2)11-10(8)7(12)5-6-13-11/h3-4,7,13H,5-6,12H2,1-2H3. The van der Waals surface area contributed by atoms with Crippen LogP contribution in [-0.4, -0.2) is 20.8 Å². The highest BCUT2D eigenvalue weighted by Gasteiger charge is 2.23. The molecule has 15 heavy (non-hydrogen) atoms. The molecule has 0 amide bonds. The summed E-state index contributed by atoms with van der Waals surface area (Å²) in [6.45, 7) is 0.873. The lowest BCUT2D eigenvalue weighted by atomic mass is 9.97. The molecule has 0 aliphatic carbocycles. The van der Waals surface area contributed by atoms with E-state index in [9.17, 15) is 0 Å². The first-order chi connectivity index (χ1) is 7.27. The van der Waals surface area contributed by atoms with E-state index in [-0.39, 0.29) is 6.04 Å². The van der Waals surface area contributed by atoms with Gasteiger partial charge in [-0.3, -0.25) is 0 Å². The molecule has 4 nitrogen and oxygen atoms in total. The Kier molecular flexibility index (Phi) is 2.68. The van der Waals surface area contributed by atoms with E-state index < -0.39 is 0 Å². The highest BCUT2D eigenvalue weighted by Crippen LogP contribution is 2.41. The quantitative estimate of drug-likeness (QED) is 0.773. The summed E-state index contributed by atoms with van der Waals surface area (Å²) in [7, 11) is 3.31. The van der Waals surface area contributed by atoms with E-state index in [1.807, 2.05) is 12.1 Å². The average Bonchev–Trinajstić information content (AvgIpc) is 2.28. The lowest BCUT2D eigenvalue weighted by Crippen LogP contribution is -2.23. The summed E-state index contributed by atoms with van der Waals surface area (Å²) in [6.07, 6.45) is 0.913. The van der Waals surface area contributed by atoms with Crippen molar-refractivity contribution < 1.29 is 9.47 Å². The van der Waals surface area contributed by atoms with Crippen LogP contribution in [0.3, 0.4) is 0 Å². The van der Waals surface area contributed by atoms with Crippen molar-refractivity contribution in [3.8, 4) is 11.5 Å². The maximum Gasteiger partial charge on any atom is 0.142 e. The molecular formula is C11H16N2O2. The Morgan fingerprint density at radius 1 is 1.27 bits per heavy atom. The van der Waals surface area contributed by atoms with Gasteiger partial charge in [-0.15, -0.1) is 0 Å². The maximum absolute atomic E-state index is 6.07. The Morgan fingerprint density at radius 3 is 2.60 bits per heavy atom. The minimum absolute atomic E-state index is 0.0197. The average molecular weight is 208 g/mol. The summed E-state index contributed by atoms with van der Waals surface area (Å²) in [6, 6.07) is 3.80. The first-order valence-corrected chi connectivity index (χ1v) is 5.02. The van der Waals surface area contributed by atoms with Gasteiger partial charge in [0.25, 0.3) is 0 Å². The maximum atomic E-state index is 6.07. The molecule has 3 N–H and O–H groups in total. The van der Waals surface area contributed by atoms with Gasteiger partial charge in [-0.05, 0) is 18.6 Å². The van der Waals surface area contributed by atoms with Crippen molar-refractivity contribution >= 4 is 5.69 Å². The van der Waals surface area contributed by atoms with Crippen LogP contribution in [0, 0.1) is 0 Å². The van der Waals surface area contributed by atoms with E-state index in [0.717, 1.165) is 35.7 Å². The summed E-state index contributed by atoms with van der Waals surface area (Å²) in [5, 5.41) is 3.30. The van der Waals surface area contributed by atoms with Crippen LogP contribution in [0.5, 0.6) is 11.5 Å². The topological polar surface area (TPSA) is 56.5 Å². The molecule has 1 heterocycles. The zero-order chi connectivity index (χ0) is 10.8. The Balaban J connectivity index is 2.56. The van der Waals surface area contributed by atoms with Crippen molar-refractivity contribution in [1.82, 2.24) is 0 Å². The molecule has 0 aromatic heterocycles. The van der Waals surface area contributed by atoms with Gasteiger partial charge in [-0.25, -0.2) is 0 Å². The highest BCUT2D eigenvalue weighted by molar-refractivity contribution is 5.68. The molecular weight excluding hydrogens is 192 g/mol. The number of nitrogens with one attached hydrogen (secondary N) is 1. The third kappa shape index (κ3) is 1.61.